The molecule has 0 saturated carbocycles. The van der Waals surface area contributed by atoms with Gasteiger partial charge in [-0.15, -0.1) is 0 Å². The molecule has 0 aliphatic carbocycles. The van der Waals surface area contributed by atoms with Gasteiger partial charge in [-0.2, -0.15) is 0 Å². The maximum atomic E-state index is 11.6. The summed E-state index contributed by atoms with van der Waals surface area (Å²) in [6.45, 7) is 1.78. The van der Waals surface area contributed by atoms with Crippen molar-refractivity contribution in [1.82, 2.24) is 4.90 Å². The first kappa shape index (κ1) is 13.7. The molecular weight excluding hydrogens is 284 g/mol. The Labute approximate surface area is 109 Å². The first-order chi connectivity index (χ1) is 8.00. The highest BCUT2D eigenvalue weighted by molar-refractivity contribution is 9.10. The number of likely N-dealkylation sites (N-methyl/N-ethyl adjacent to an activating group) is 1. The van der Waals surface area contributed by atoms with E-state index in [1.165, 1.54) is 4.90 Å². The molecule has 4 nitrogen and oxygen atoms in total. The fraction of sp³-hybridized carbons (Fsp3) is 0.333. The lowest BCUT2D eigenvalue weighted by atomic mass is 10.3. The second kappa shape index (κ2) is 6.39. The summed E-state index contributed by atoms with van der Waals surface area (Å²) in [4.78, 5) is 24.3. The van der Waals surface area contributed by atoms with Crippen molar-refractivity contribution in [2.45, 2.75) is 11.8 Å². The van der Waals surface area contributed by atoms with Crippen LogP contribution in [-0.2, 0) is 9.59 Å². The average molecular weight is 299 g/mol. The predicted octanol–water partition coefficient (Wildman–Crippen LogP) is 1.87. The average Bonchev–Trinajstić information content (AvgIpc) is 2.28. The standard InChI is InChI=1S/C12H15BrN2O2/c1-9(13)12(17)15(2)8-11(16)14-10-6-4-3-5-7-10/h3-7,9H,8H2,1-2H3,(H,14,16). The lowest BCUT2D eigenvalue weighted by Crippen LogP contribution is -2.38. The van der Waals surface area contributed by atoms with Crippen molar-refractivity contribution in [2.75, 3.05) is 18.9 Å². The maximum absolute atomic E-state index is 11.6. The zero-order valence-electron chi connectivity index (χ0n) is 9.81. The van der Waals surface area contributed by atoms with Gasteiger partial charge in [0, 0.05) is 12.7 Å². The van der Waals surface area contributed by atoms with Gasteiger partial charge >= 0.3 is 0 Å². The van der Waals surface area contributed by atoms with Crippen molar-refractivity contribution < 1.29 is 9.59 Å². The second-order valence-electron chi connectivity index (χ2n) is 3.72. The van der Waals surface area contributed by atoms with Crippen LogP contribution in [0.15, 0.2) is 30.3 Å². The highest BCUT2D eigenvalue weighted by atomic mass is 79.9. The number of nitrogens with one attached hydrogen (secondary N) is 1. The van der Waals surface area contributed by atoms with Crippen LogP contribution >= 0.6 is 15.9 Å². The summed E-state index contributed by atoms with van der Waals surface area (Å²) >= 11 is 3.17. The molecule has 5 heteroatoms. The molecule has 0 bridgehead atoms. The molecule has 2 amide bonds. The number of hydrogen-bond acceptors (Lipinski definition) is 2. The van der Waals surface area contributed by atoms with Crippen LogP contribution in [0.5, 0.6) is 0 Å². The summed E-state index contributed by atoms with van der Waals surface area (Å²) in [7, 11) is 1.60. The summed E-state index contributed by atoms with van der Waals surface area (Å²) in [5, 5.41) is 2.72. The minimum absolute atomic E-state index is 0.0453. The van der Waals surface area contributed by atoms with Crippen LogP contribution in [0.3, 0.4) is 0 Å². The first-order valence-electron chi connectivity index (χ1n) is 5.24. The second-order valence-corrected chi connectivity index (χ2v) is 5.10. The molecular formula is C12H15BrN2O2. The molecule has 1 aromatic rings. The molecule has 92 valence electrons. The number of anilines is 1. The summed E-state index contributed by atoms with van der Waals surface area (Å²) in [5.74, 6) is -0.326. The van der Waals surface area contributed by atoms with E-state index in [2.05, 4.69) is 21.2 Å². The lowest BCUT2D eigenvalue weighted by molar-refractivity contribution is -0.132. The molecule has 1 N–H and O–H groups in total. The van der Waals surface area contributed by atoms with Crippen LogP contribution in [0.25, 0.3) is 0 Å². The van der Waals surface area contributed by atoms with Gasteiger partial charge in [0.15, 0.2) is 0 Å². The van der Waals surface area contributed by atoms with Crippen LogP contribution in [0.2, 0.25) is 0 Å². The fourth-order valence-electron chi connectivity index (χ4n) is 1.32. The maximum Gasteiger partial charge on any atom is 0.243 e. The monoisotopic (exact) mass is 298 g/mol. The van der Waals surface area contributed by atoms with Gasteiger partial charge in [0.1, 0.15) is 0 Å². The van der Waals surface area contributed by atoms with E-state index in [0.717, 1.165) is 5.69 Å². The smallest absolute Gasteiger partial charge is 0.243 e. The lowest BCUT2D eigenvalue weighted by Gasteiger charge is -2.18. The molecule has 1 rings (SSSR count). The molecule has 0 aliphatic heterocycles. The highest BCUT2D eigenvalue weighted by Gasteiger charge is 2.16. The number of rotatable bonds is 4. The van der Waals surface area contributed by atoms with Crippen molar-refractivity contribution in [3.63, 3.8) is 0 Å². The third kappa shape index (κ3) is 4.56. The zero-order valence-corrected chi connectivity index (χ0v) is 11.4. The third-order valence-electron chi connectivity index (χ3n) is 2.15. The van der Waals surface area contributed by atoms with Gasteiger partial charge < -0.3 is 10.2 Å². The number of alkyl halides is 1. The first-order valence-corrected chi connectivity index (χ1v) is 6.16. The normalized spacial score (nSPS) is 11.7. The molecule has 0 aromatic heterocycles. The summed E-state index contributed by atoms with van der Waals surface area (Å²) in [6.07, 6.45) is 0. The molecule has 0 fully saturated rings. The summed E-state index contributed by atoms with van der Waals surface area (Å²) in [5.41, 5.74) is 0.727. The van der Waals surface area contributed by atoms with E-state index in [1.807, 2.05) is 18.2 Å². The van der Waals surface area contributed by atoms with E-state index in [9.17, 15) is 9.59 Å². The number of carbonyl (C=O) groups is 2. The van der Waals surface area contributed by atoms with Crippen LogP contribution in [0.4, 0.5) is 5.69 Å². The molecule has 1 unspecified atom stereocenters. The van der Waals surface area contributed by atoms with Crippen LogP contribution in [-0.4, -0.2) is 35.1 Å². The Morgan fingerprint density at radius 1 is 1.35 bits per heavy atom. The van der Waals surface area contributed by atoms with E-state index in [4.69, 9.17) is 0 Å². The number of benzene rings is 1. The summed E-state index contributed by atoms with van der Waals surface area (Å²) < 4.78 is 0. The van der Waals surface area contributed by atoms with Gasteiger partial charge in [0.2, 0.25) is 11.8 Å². The molecule has 0 radical (unpaired) electrons. The van der Waals surface area contributed by atoms with E-state index in [1.54, 1.807) is 26.1 Å². The number of amides is 2. The number of hydrogen-bond donors (Lipinski definition) is 1. The van der Waals surface area contributed by atoms with E-state index in [0.29, 0.717) is 0 Å². The third-order valence-corrected chi connectivity index (χ3v) is 2.55. The highest BCUT2D eigenvalue weighted by Crippen LogP contribution is 2.06. The number of halogens is 1. The minimum atomic E-state index is -0.281. The van der Waals surface area contributed by atoms with E-state index < -0.39 is 0 Å². The van der Waals surface area contributed by atoms with Crippen molar-refractivity contribution in [3.8, 4) is 0 Å². The Bertz CT molecular complexity index is 393. The van der Waals surface area contributed by atoms with Gasteiger partial charge in [-0.1, -0.05) is 34.1 Å². The molecule has 17 heavy (non-hydrogen) atoms. The predicted molar refractivity (Wildman–Crippen MR) is 71.1 cm³/mol. The van der Waals surface area contributed by atoms with Gasteiger partial charge in [-0.25, -0.2) is 0 Å². The number of para-hydroxylation sites is 1. The van der Waals surface area contributed by atoms with Gasteiger partial charge in [-0.3, -0.25) is 9.59 Å². The van der Waals surface area contributed by atoms with Crippen molar-refractivity contribution in [3.05, 3.63) is 30.3 Å². The topological polar surface area (TPSA) is 49.4 Å². The Hall–Kier alpha value is -1.36. The minimum Gasteiger partial charge on any atom is -0.335 e. The van der Waals surface area contributed by atoms with Crippen molar-refractivity contribution in [1.29, 1.82) is 0 Å². The molecule has 0 saturated heterocycles. The van der Waals surface area contributed by atoms with E-state index in [-0.39, 0.29) is 23.2 Å². The van der Waals surface area contributed by atoms with Gasteiger partial charge in [0.05, 0.1) is 11.4 Å². The van der Waals surface area contributed by atoms with Crippen LogP contribution in [0.1, 0.15) is 6.92 Å². The Balaban J connectivity index is 2.48. The SMILES string of the molecule is CC(Br)C(=O)N(C)CC(=O)Nc1ccccc1. The largest absolute Gasteiger partial charge is 0.335 e. The molecule has 1 atom stereocenters. The number of nitrogens with zero attached hydrogens (tertiary/aromatic N) is 1. The molecule has 0 spiro atoms. The summed E-state index contributed by atoms with van der Waals surface area (Å²) in [6, 6.07) is 9.15. The zero-order chi connectivity index (χ0) is 12.8. The van der Waals surface area contributed by atoms with Gasteiger partial charge in [0.25, 0.3) is 0 Å². The van der Waals surface area contributed by atoms with Gasteiger partial charge in [-0.05, 0) is 19.1 Å². The van der Waals surface area contributed by atoms with Crippen molar-refractivity contribution in [2.24, 2.45) is 0 Å². The molecule has 0 heterocycles. The Morgan fingerprint density at radius 3 is 2.47 bits per heavy atom. The quantitative estimate of drug-likeness (QED) is 0.863. The fourth-order valence-corrected chi connectivity index (χ4v) is 1.67. The Kier molecular flexibility index (Phi) is 5.15. The molecule has 0 aliphatic rings. The molecule has 1 aromatic carbocycles. The van der Waals surface area contributed by atoms with Crippen molar-refractivity contribution >= 4 is 33.4 Å². The van der Waals surface area contributed by atoms with E-state index >= 15 is 0 Å². The van der Waals surface area contributed by atoms with Crippen LogP contribution in [0, 0.1) is 0 Å². The Morgan fingerprint density at radius 2 is 1.94 bits per heavy atom. The van der Waals surface area contributed by atoms with Crippen LogP contribution < -0.4 is 5.32 Å². The number of carbonyl (C=O) groups excluding carboxylic acids is 2.